The fourth-order valence-corrected chi connectivity index (χ4v) is 5.65. The highest BCUT2D eigenvalue weighted by atomic mass is 32.2. The summed E-state index contributed by atoms with van der Waals surface area (Å²) in [5, 5.41) is 30.3. The molecule has 0 heterocycles. The van der Waals surface area contributed by atoms with Gasteiger partial charge in [-0.3, -0.25) is 24.0 Å². The predicted octanol–water partition coefficient (Wildman–Crippen LogP) is 7.63. The smallest absolute Gasteiger partial charge is 0.295 e. The zero-order chi connectivity index (χ0) is 33.9. The minimum absolute atomic E-state index is 0.0256. The van der Waals surface area contributed by atoms with Crippen LogP contribution in [0, 0.1) is 17.0 Å². The van der Waals surface area contributed by atoms with Crippen molar-refractivity contribution in [2.45, 2.75) is 16.7 Å². The zero-order valence-electron chi connectivity index (χ0n) is 24.0. The molecule has 0 atom stereocenters. The fourth-order valence-electron chi connectivity index (χ4n) is 4.31. The number of non-ortho nitro benzene ring substituents is 1. The van der Waals surface area contributed by atoms with E-state index in [-0.39, 0.29) is 27.7 Å². The van der Waals surface area contributed by atoms with Crippen LogP contribution >= 0.6 is 0 Å². The molecule has 0 radical (unpaired) electrons. The van der Waals surface area contributed by atoms with E-state index in [0.29, 0.717) is 28.8 Å². The molecule has 17 heteroatoms. The van der Waals surface area contributed by atoms with Crippen molar-refractivity contribution in [2.24, 2.45) is 20.5 Å². The molecule has 238 valence electrons. The number of rotatable bonds is 9. The first kappa shape index (κ1) is 32.6. The molecule has 3 N–H and O–H groups in total. The first-order valence-electron chi connectivity index (χ1n) is 13.3. The molecule has 0 fully saturated rings. The Morgan fingerprint density at radius 3 is 1.89 bits per heavy atom. The highest BCUT2D eigenvalue weighted by Gasteiger charge is 2.20. The maximum Gasteiger partial charge on any atom is 0.295 e. The molecule has 5 aromatic rings. The van der Waals surface area contributed by atoms with Gasteiger partial charge in [-0.2, -0.15) is 37.3 Å². The third kappa shape index (κ3) is 7.92. The highest BCUT2D eigenvalue weighted by molar-refractivity contribution is 7.86. The molecule has 0 bridgehead atoms. The Morgan fingerprint density at radius 1 is 0.723 bits per heavy atom. The third-order valence-corrected chi connectivity index (χ3v) is 8.37. The van der Waals surface area contributed by atoms with Gasteiger partial charge in [0, 0.05) is 28.8 Å². The number of anilines is 1. The molecule has 0 spiro atoms. The van der Waals surface area contributed by atoms with Crippen LogP contribution in [0.1, 0.15) is 15.9 Å². The lowest BCUT2D eigenvalue weighted by atomic mass is 10.1. The van der Waals surface area contributed by atoms with Crippen LogP contribution in [0.4, 0.5) is 34.1 Å². The number of benzene rings is 5. The molecular weight excluding hydrogens is 652 g/mol. The molecule has 47 heavy (non-hydrogen) atoms. The van der Waals surface area contributed by atoms with Crippen molar-refractivity contribution in [3.05, 3.63) is 118 Å². The summed E-state index contributed by atoms with van der Waals surface area (Å²) < 4.78 is 65.9. The number of carbonyl (C=O) groups excluding carboxylic acids is 1. The van der Waals surface area contributed by atoms with Gasteiger partial charge in [-0.15, -0.1) is 0 Å². The molecule has 0 aliphatic rings. The number of nitrogens with one attached hydrogen (secondary N) is 1. The molecule has 0 saturated heterocycles. The topological polar surface area (TPSA) is 230 Å². The number of aryl methyl sites for hydroxylation is 1. The average molecular weight is 675 g/mol. The van der Waals surface area contributed by atoms with Gasteiger partial charge in [-0.05, 0) is 96.7 Å². The van der Waals surface area contributed by atoms with E-state index >= 15 is 0 Å². The van der Waals surface area contributed by atoms with E-state index < -0.39 is 40.9 Å². The summed E-state index contributed by atoms with van der Waals surface area (Å²) in [5.74, 6) is -0.427. The first-order chi connectivity index (χ1) is 22.2. The Hall–Kier alpha value is -5.75. The Bertz CT molecular complexity index is 2330. The van der Waals surface area contributed by atoms with E-state index in [2.05, 4.69) is 25.8 Å². The number of fused-ring (bicyclic) bond motifs is 1. The molecule has 5 aromatic carbocycles. The number of azo groups is 2. The molecule has 0 aliphatic carbocycles. The van der Waals surface area contributed by atoms with Gasteiger partial charge in [-0.25, -0.2) is 0 Å². The van der Waals surface area contributed by atoms with Gasteiger partial charge in [0.05, 0.1) is 32.6 Å². The van der Waals surface area contributed by atoms with Gasteiger partial charge in [0.1, 0.15) is 4.90 Å². The van der Waals surface area contributed by atoms with Crippen molar-refractivity contribution in [3.63, 3.8) is 0 Å². The van der Waals surface area contributed by atoms with Crippen LogP contribution in [0.5, 0.6) is 0 Å². The quantitative estimate of drug-likeness (QED) is 0.0602. The lowest BCUT2D eigenvalue weighted by molar-refractivity contribution is -0.384. The van der Waals surface area contributed by atoms with Crippen molar-refractivity contribution in [3.8, 4) is 0 Å². The summed E-state index contributed by atoms with van der Waals surface area (Å²) in [6, 6.07) is 22.6. The van der Waals surface area contributed by atoms with E-state index in [0.717, 1.165) is 11.6 Å². The maximum absolute atomic E-state index is 12.5. The highest BCUT2D eigenvalue weighted by Crippen LogP contribution is 2.32. The van der Waals surface area contributed by atoms with E-state index in [1.54, 1.807) is 49.4 Å². The van der Waals surface area contributed by atoms with Gasteiger partial charge in [0.15, 0.2) is 0 Å². The number of nitro benzene ring substituents is 1. The number of carbonyl (C=O) groups is 1. The summed E-state index contributed by atoms with van der Waals surface area (Å²) in [6.07, 6.45) is 0. The van der Waals surface area contributed by atoms with Gasteiger partial charge in [0.2, 0.25) is 0 Å². The van der Waals surface area contributed by atoms with Crippen molar-refractivity contribution in [1.82, 2.24) is 0 Å². The zero-order valence-corrected chi connectivity index (χ0v) is 25.7. The predicted molar refractivity (Wildman–Crippen MR) is 171 cm³/mol. The largest absolute Gasteiger partial charge is 0.322 e. The monoisotopic (exact) mass is 674 g/mol. The fraction of sp³-hybridized carbons (Fsp3) is 0.0333. The Labute approximate surface area is 267 Å². The Balaban J connectivity index is 1.27. The van der Waals surface area contributed by atoms with Crippen LogP contribution in [0.25, 0.3) is 10.8 Å². The second-order valence-corrected chi connectivity index (χ2v) is 12.8. The van der Waals surface area contributed by atoms with Crippen LogP contribution in [0.15, 0.2) is 127 Å². The van der Waals surface area contributed by atoms with Crippen LogP contribution in [0.3, 0.4) is 0 Å². The van der Waals surface area contributed by atoms with Gasteiger partial charge in [0.25, 0.3) is 31.8 Å². The molecule has 15 nitrogen and oxygen atoms in total. The van der Waals surface area contributed by atoms with E-state index in [1.807, 2.05) is 0 Å². The number of amides is 1. The van der Waals surface area contributed by atoms with Crippen molar-refractivity contribution < 1.29 is 35.7 Å². The minimum atomic E-state index is -4.85. The van der Waals surface area contributed by atoms with E-state index in [4.69, 9.17) is 0 Å². The second kappa shape index (κ2) is 12.9. The molecule has 0 unspecified atom stereocenters. The number of hydrogen-bond acceptors (Lipinski definition) is 11. The van der Waals surface area contributed by atoms with Crippen LogP contribution < -0.4 is 5.32 Å². The van der Waals surface area contributed by atoms with Crippen molar-refractivity contribution in [1.29, 1.82) is 0 Å². The van der Waals surface area contributed by atoms with Crippen LogP contribution in [-0.2, 0) is 20.2 Å². The molecule has 0 aliphatic heterocycles. The average Bonchev–Trinajstić information content (AvgIpc) is 3.02. The molecule has 0 saturated carbocycles. The van der Waals surface area contributed by atoms with Gasteiger partial charge < -0.3 is 5.32 Å². The molecular formula is C30H22N6O9S2. The summed E-state index contributed by atoms with van der Waals surface area (Å²) in [4.78, 5) is 21.4. The summed E-state index contributed by atoms with van der Waals surface area (Å²) >= 11 is 0. The molecule has 1 amide bonds. The van der Waals surface area contributed by atoms with Crippen LogP contribution in [-0.4, -0.2) is 36.8 Å². The Kier molecular flexibility index (Phi) is 8.98. The maximum atomic E-state index is 12.5. The summed E-state index contributed by atoms with van der Waals surface area (Å²) in [5.41, 5.74) is 3.04. The first-order valence-corrected chi connectivity index (χ1v) is 16.2. The van der Waals surface area contributed by atoms with Crippen molar-refractivity contribution >= 4 is 71.0 Å². The number of nitro groups is 1. The Morgan fingerprint density at radius 2 is 1.32 bits per heavy atom. The standard InChI is InChI=1S/C30H22N6O9S2/c1-18-14-23(31-30(37)19-3-11-25(12-4-19)36(38)39)10-13-28(18)35-33-22-8-6-21(7-9-22)32-34-24-5-2-20-15-26(46(40,41)42)17-29(27(20)16-24)47(43,44)45/h2-17H,1H3,(H,31,37)(H,40,41,42)(H,43,44,45). The lowest BCUT2D eigenvalue weighted by Crippen LogP contribution is -2.11. The summed E-state index contributed by atoms with van der Waals surface area (Å²) in [7, 11) is -9.59. The second-order valence-electron chi connectivity index (χ2n) is 9.95. The van der Waals surface area contributed by atoms with E-state index in [9.17, 15) is 40.8 Å². The van der Waals surface area contributed by atoms with E-state index in [1.165, 1.54) is 42.5 Å². The molecule has 0 aromatic heterocycles. The van der Waals surface area contributed by atoms with Crippen molar-refractivity contribution in [2.75, 3.05) is 5.32 Å². The van der Waals surface area contributed by atoms with Crippen LogP contribution in [0.2, 0.25) is 0 Å². The third-order valence-electron chi connectivity index (χ3n) is 6.65. The van der Waals surface area contributed by atoms with Gasteiger partial charge >= 0.3 is 0 Å². The lowest BCUT2D eigenvalue weighted by Gasteiger charge is -2.07. The number of nitrogens with zero attached hydrogens (tertiary/aromatic N) is 5. The number of hydrogen-bond donors (Lipinski definition) is 3. The summed E-state index contributed by atoms with van der Waals surface area (Å²) in [6.45, 7) is 1.79. The minimum Gasteiger partial charge on any atom is -0.322 e. The van der Waals surface area contributed by atoms with Gasteiger partial charge in [-0.1, -0.05) is 6.07 Å². The normalized spacial score (nSPS) is 12.1. The molecule has 5 rings (SSSR count). The SMILES string of the molecule is Cc1cc(NC(=O)c2ccc([N+](=O)[O-])cc2)ccc1N=Nc1ccc(N=Nc2ccc3cc(S(=O)(=O)O)cc(S(=O)(=O)O)c3c2)cc1.